The maximum Gasteiger partial charge on any atom is 0.272 e. The number of carbonyl (C=O) groups is 1. The highest BCUT2D eigenvalue weighted by Crippen LogP contribution is 2.56. The molecule has 6 heteroatoms. The van der Waals surface area contributed by atoms with Gasteiger partial charge in [0.2, 0.25) is 0 Å². The molecule has 0 N–H and O–H groups in total. The van der Waals surface area contributed by atoms with Crippen LogP contribution in [0.25, 0.3) is 0 Å². The summed E-state index contributed by atoms with van der Waals surface area (Å²) >= 11 is 0. The van der Waals surface area contributed by atoms with Crippen molar-refractivity contribution in [3.8, 4) is 5.75 Å². The van der Waals surface area contributed by atoms with Crippen molar-refractivity contribution in [1.82, 2.24) is 4.98 Å². The number of alkyl halides is 2. The Labute approximate surface area is 240 Å². The van der Waals surface area contributed by atoms with Crippen molar-refractivity contribution >= 4 is 5.78 Å². The highest BCUT2D eigenvalue weighted by Gasteiger charge is 2.51. The Hall–Kier alpha value is -2.34. The van der Waals surface area contributed by atoms with Gasteiger partial charge < -0.3 is 9.47 Å². The lowest BCUT2D eigenvalue weighted by molar-refractivity contribution is -0.127. The van der Waals surface area contributed by atoms with Gasteiger partial charge in [0.15, 0.2) is 0 Å². The molecule has 2 aromatic rings. The average Bonchev–Trinajstić information content (AvgIpc) is 3.47. The number of hydrogen-bond donors (Lipinski definition) is 0. The fourth-order valence-electron chi connectivity index (χ4n) is 6.88. The van der Waals surface area contributed by atoms with Crippen LogP contribution in [0.15, 0.2) is 36.5 Å². The number of pyridine rings is 1. The monoisotopic (exact) mass is 557 g/mol. The first-order valence-corrected chi connectivity index (χ1v) is 15.1. The molecule has 2 fully saturated rings. The molecule has 4 nitrogen and oxygen atoms in total. The summed E-state index contributed by atoms with van der Waals surface area (Å²) in [6.45, 7) is 11.9. The quantitative estimate of drug-likeness (QED) is 0.356. The maximum absolute atomic E-state index is 13.0. The van der Waals surface area contributed by atoms with E-state index in [1.807, 2.05) is 25.1 Å². The lowest BCUT2D eigenvalue weighted by Crippen LogP contribution is -2.30. The topological polar surface area (TPSA) is 48.4 Å². The largest absolute Gasteiger partial charge is 0.491 e. The molecular weight excluding hydrogens is 508 g/mol. The second kappa shape index (κ2) is 14.0. The molecule has 0 radical (unpaired) electrons. The van der Waals surface area contributed by atoms with Crippen molar-refractivity contribution in [2.75, 3.05) is 13.7 Å². The molecule has 5 rings (SSSR count). The summed E-state index contributed by atoms with van der Waals surface area (Å²) in [5.41, 5.74) is 3.29. The van der Waals surface area contributed by atoms with Gasteiger partial charge in [0.1, 0.15) is 18.1 Å². The lowest BCUT2D eigenvalue weighted by atomic mass is 9.77. The zero-order valence-electron chi connectivity index (χ0n) is 25.6. The second-order valence-electron chi connectivity index (χ2n) is 12.1. The van der Waals surface area contributed by atoms with Crippen LogP contribution in [0, 0.1) is 17.3 Å². The number of para-hydroxylation sites is 1. The standard InChI is InChI=1S/C12H17F2N.C11H14O2.C11H18O/c1-4-6-11-9(5-2)7-10(8-15-11)12(3,13)14;1-8-9-5-3-4-6-10(9)13-7-11(8)12-2;1-8-6-10-4-3-5-11(10,7-8)9(2)12/h7-8H,4-6H2,1-3H3;3-6,8,11H,7H2,1-2H3;8,10H,3-7H2,1-2H3. The molecule has 1 aromatic heterocycles. The minimum Gasteiger partial charge on any atom is -0.491 e. The van der Waals surface area contributed by atoms with Crippen LogP contribution < -0.4 is 4.74 Å². The van der Waals surface area contributed by atoms with Crippen molar-refractivity contribution < 1.29 is 23.0 Å². The third kappa shape index (κ3) is 7.48. The number of ether oxygens (including phenoxy) is 2. The average molecular weight is 558 g/mol. The lowest BCUT2D eigenvalue weighted by Gasteiger charge is -2.30. The maximum atomic E-state index is 13.0. The summed E-state index contributed by atoms with van der Waals surface area (Å²) in [5.74, 6) is 0.638. The van der Waals surface area contributed by atoms with Crippen molar-refractivity contribution in [3.63, 3.8) is 0 Å². The number of fused-ring (bicyclic) bond motifs is 2. The number of benzene rings is 1. The van der Waals surface area contributed by atoms with Gasteiger partial charge in [0.25, 0.3) is 5.92 Å². The Morgan fingerprint density at radius 1 is 1.23 bits per heavy atom. The highest BCUT2D eigenvalue weighted by atomic mass is 19.3. The molecule has 222 valence electrons. The van der Waals surface area contributed by atoms with E-state index in [9.17, 15) is 13.6 Å². The molecule has 3 aliphatic rings. The van der Waals surface area contributed by atoms with Gasteiger partial charge in [-0.3, -0.25) is 9.78 Å². The highest BCUT2D eigenvalue weighted by molar-refractivity contribution is 5.83. The smallest absolute Gasteiger partial charge is 0.272 e. The normalized spacial score (nSPS) is 26.8. The number of ketones is 1. The minimum absolute atomic E-state index is 0.0132. The van der Waals surface area contributed by atoms with Gasteiger partial charge in [-0.15, -0.1) is 0 Å². The van der Waals surface area contributed by atoms with Crippen LogP contribution in [-0.2, 0) is 28.3 Å². The van der Waals surface area contributed by atoms with E-state index in [2.05, 4.69) is 31.8 Å². The molecule has 2 saturated carbocycles. The predicted molar refractivity (Wildman–Crippen MR) is 157 cm³/mol. The Bertz CT molecular complexity index is 1110. The summed E-state index contributed by atoms with van der Waals surface area (Å²) in [6.07, 6.45) is 10.3. The van der Waals surface area contributed by atoms with Gasteiger partial charge in [-0.05, 0) is 80.5 Å². The van der Waals surface area contributed by atoms with E-state index in [4.69, 9.17) is 9.47 Å². The van der Waals surface area contributed by atoms with Gasteiger partial charge in [0, 0.05) is 42.8 Å². The zero-order valence-corrected chi connectivity index (χ0v) is 25.6. The first-order valence-electron chi connectivity index (χ1n) is 15.1. The minimum atomic E-state index is -2.79. The molecule has 1 aromatic carbocycles. The van der Waals surface area contributed by atoms with Crippen molar-refractivity contribution in [1.29, 1.82) is 0 Å². The molecule has 5 atom stereocenters. The number of Topliss-reactive ketones (excluding diaryl/α,β-unsaturated/α-hetero) is 1. The molecule has 1 aliphatic heterocycles. The number of methoxy groups -OCH3 is 1. The summed E-state index contributed by atoms with van der Waals surface area (Å²) < 4.78 is 37.0. The summed E-state index contributed by atoms with van der Waals surface area (Å²) in [6, 6.07) is 9.73. The van der Waals surface area contributed by atoms with Crippen LogP contribution in [0.3, 0.4) is 0 Å². The third-order valence-corrected chi connectivity index (χ3v) is 9.17. The van der Waals surface area contributed by atoms with Gasteiger partial charge in [-0.2, -0.15) is 0 Å². The van der Waals surface area contributed by atoms with Gasteiger partial charge in [-0.1, -0.05) is 58.7 Å². The van der Waals surface area contributed by atoms with E-state index < -0.39 is 5.92 Å². The van der Waals surface area contributed by atoms with E-state index in [0.717, 1.165) is 55.0 Å². The first kappa shape index (κ1) is 32.2. The molecule has 2 heterocycles. The number of nitrogens with zero attached hydrogens (tertiary/aromatic N) is 1. The Morgan fingerprint density at radius 3 is 2.55 bits per heavy atom. The molecule has 2 aliphatic carbocycles. The fourth-order valence-corrected chi connectivity index (χ4v) is 6.88. The summed E-state index contributed by atoms with van der Waals surface area (Å²) in [5, 5.41) is 0. The van der Waals surface area contributed by atoms with Gasteiger partial charge in [-0.25, -0.2) is 8.78 Å². The Kier molecular flexibility index (Phi) is 11.3. The fraction of sp³-hybridized carbons (Fsp3) is 0.647. The van der Waals surface area contributed by atoms with Crippen LogP contribution in [0.2, 0.25) is 0 Å². The second-order valence-corrected chi connectivity index (χ2v) is 12.1. The van der Waals surface area contributed by atoms with Crippen LogP contribution in [0.4, 0.5) is 8.78 Å². The van der Waals surface area contributed by atoms with Crippen molar-refractivity contribution in [2.45, 2.75) is 111 Å². The van der Waals surface area contributed by atoms with Crippen LogP contribution >= 0.6 is 0 Å². The van der Waals surface area contributed by atoms with Gasteiger partial charge in [0.05, 0.1) is 6.10 Å². The number of aromatic nitrogens is 1. The molecule has 0 spiro atoms. The van der Waals surface area contributed by atoms with Crippen LogP contribution in [0.1, 0.15) is 108 Å². The van der Waals surface area contributed by atoms with E-state index in [1.54, 1.807) is 20.1 Å². The molecule has 5 unspecified atom stereocenters. The number of carbonyl (C=O) groups excluding carboxylic acids is 1. The predicted octanol–water partition coefficient (Wildman–Crippen LogP) is 8.70. The zero-order chi connectivity index (χ0) is 29.5. The SMILES string of the molecule is CC(=O)C12CCCC1CC(C)C2.CCCc1ncc(C(C)(F)F)cc1CC.COC1COc2ccccc2C1C. The van der Waals surface area contributed by atoms with E-state index in [1.165, 1.54) is 43.9 Å². The van der Waals surface area contributed by atoms with Crippen LogP contribution in [0.5, 0.6) is 5.75 Å². The van der Waals surface area contributed by atoms with Gasteiger partial charge >= 0.3 is 0 Å². The third-order valence-electron chi connectivity index (χ3n) is 9.17. The molecular formula is C34H49F2NO3. The Balaban J connectivity index is 0.000000166. The Morgan fingerprint density at radius 2 is 1.95 bits per heavy atom. The first-order chi connectivity index (χ1) is 19.0. The summed E-state index contributed by atoms with van der Waals surface area (Å²) in [4.78, 5) is 15.7. The number of halogens is 2. The van der Waals surface area contributed by atoms with E-state index in [0.29, 0.717) is 18.3 Å². The van der Waals surface area contributed by atoms with Crippen LogP contribution in [-0.4, -0.2) is 30.6 Å². The number of rotatable bonds is 6. The van der Waals surface area contributed by atoms with Crippen molar-refractivity contribution in [3.05, 3.63) is 58.9 Å². The number of aryl methyl sites for hydroxylation is 2. The van der Waals surface area contributed by atoms with Crippen molar-refractivity contribution in [2.24, 2.45) is 17.3 Å². The number of hydrogen-bond acceptors (Lipinski definition) is 4. The van der Waals surface area contributed by atoms with E-state index in [-0.39, 0.29) is 17.1 Å². The molecule has 0 amide bonds. The molecule has 0 saturated heterocycles. The molecule has 0 bridgehead atoms. The molecule has 40 heavy (non-hydrogen) atoms. The van der Waals surface area contributed by atoms with E-state index >= 15 is 0 Å². The summed E-state index contributed by atoms with van der Waals surface area (Å²) in [7, 11) is 1.73.